The van der Waals surface area contributed by atoms with Crippen molar-refractivity contribution in [1.29, 1.82) is 0 Å². The fraction of sp³-hybridized carbons (Fsp3) is 0.765. The van der Waals surface area contributed by atoms with E-state index < -0.39 is 0 Å². The molecule has 0 unspecified atom stereocenters. The van der Waals surface area contributed by atoms with Crippen LogP contribution in [0, 0.1) is 19.8 Å². The van der Waals surface area contributed by atoms with E-state index in [1.54, 1.807) is 0 Å². The van der Waals surface area contributed by atoms with Gasteiger partial charge in [0.25, 0.3) is 0 Å². The number of nitrogens with one attached hydrogen (secondary N) is 2. The average Bonchev–Trinajstić information content (AvgIpc) is 2.77. The van der Waals surface area contributed by atoms with Crippen LogP contribution in [0.4, 0.5) is 0 Å². The van der Waals surface area contributed by atoms with Crippen molar-refractivity contribution in [1.82, 2.24) is 20.4 Å². The zero-order valence-electron chi connectivity index (χ0n) is 14.0. The van der Waals surface area contributed by atoms with Crippen LogP contribution in [-0.4, -0.2) is 40.1 Å². The first-order chi connectivity index (χ1) is 10.6. The number of aromatic nitrogens is 2. The van der Waals surface area contributed by atoms with E-state index in [0.29, 0.717) is 0 Å². The van der Waals surface area contributed by atoms with Crippen LogP contribution < -0.4 is 5.32 Å². The summed E-state index contributed by atoms with van der Waals surface area (Å²) in [5.41, 5.74) is 3.14. The molecule has 2 aliphatic rings. The van der Waals surface area contributed by atoms with E-state index in [9.17, 15) is 4.79 Å². The van der Waals surface area contributed by atoms with Gasteiger partial charge in [0.1, 0.15) is 0 Å². The zero-order chi connectivity index (χ0) is 15.7. The van der Waals surface area contributed by atoms with Crippen molar-refractivity contribution >= 4 is 5.91 Å². The molecule has 1 aliphatic carbocycles. The van der Waals surface area contributed by atoms with Crippen LogP contribution in [0.15, 0.2) is 0 Å². The summed E-state index contributed by atoms with van der Waals surface area (Å²) >= 11 is 0. The summed E-state index contributed by atoms with van der Waals surface area (Å²) < 4.78 is 0. The first-order valence-corrected chi connectivity index (χ1v) is 8.62. The van der Waals surface area contributed by atoms with Crippen molar-refractivity contribution in [3.8, 4) is 0 Å². The second-order valence-electron chi connectivity index (χ2n) is 7.02. The van der Waals surface area contributed by atoms with Gasteiger partial charge in [-0.2, -0.15) is 5.10 Å². The summed E-state index contributed by atoms with van der Waals surface area (Å²) in [5.74, 6) is 0.358. The molecule has 5 nitrogen and oxygen atoms in total. The number of hydrogen-bond acceptors (Lipinski definition) is 3. The van der Waals surface area contributed by atoms with Gasteiger partial charge in [-0.25, -0.2) is 0 Å². The molecule has 0 bridgehead atoms. The molecule has 0 aromatic carbocycles. The number of aryl methyl sites for hydroxylation is 2. The molecule has 1 atom stereocenters. The molecule has 2 heterocycles. The van der Waals surface area contributed by atoms with E-state index in [4.69, 9.17) is 0 Å². The molecule has 122 valence electrons. The zero-order valence-corrected chi connectivity index (χ0v) is 14.0. The summed E-state index contributed by atoms with van der Waals surface area (Å²) in [6, 6.07) is 0.753. The molecule has 2 fully saturated rings. The number of carbonyl (C=O) groups is 1. The van der Waals surface area contributed by atoms with Crippen molar-refractivity contribution in [2.24, 2.45) is 5.92 Å². The van der Waals surface area contributed by atoms with Crippen LogP contribution in [-0.2, 0) is 4.79 Å². The highest BCUT2D eigenvalue weighted by Gasteiger charge is 2.37. The Kier molecular flexibility index (Phi) is 4.52. The van der Waals surface area contributed by atoms with Crippen LogP contribution in [0.1, 0.15) is 62.0 Å². The molecule has 0 radical (unpaired) electrons. The summed E-state index contributed by atoms with van der Waals surface area (Å²) in [6.07, 6.45) is 6.73. The summed E-state index contributed by atoms with van der Waals surface area (Å²) in [7, 11) is 0. The number of hydrogen-bond donors (Lipinski definition) is 2. The lowest BCUT2D eigenvalue weighted by Crippen LogP contribution is -2.57. The molecule has 2 N–H and O–H groups in total. The summed E-state index contributed by atoms with van der Waals surface area (Å²) in [5, 5.41) is 10.4. The second-order valence-corrected chi connectivity index (χ2v) is 7.02. The summed E-state index contributed by atoms with van der Waals surface area (Å²) in [6.45, 7) is 7.90. The first kappa shape index (κ1) is 15.5. The quantitative estimate of drug-likeness (QED) is 0.898. The maximum atomic E-state index is 12.4. The van der Waals surface area contributed by atoms with Crippen LogP contribution in [0.3, 0.4) is 0 Å². The van der Waals surface area contributed by atoms with Crippen LogP contribution in [0.2, 0.25) is 0 Å². The third kappa shape index (κ3) is 3.05. The molecular formula is C17H28N4O. The normalized spacial score (nSPS) is 22.3. The molecule has 0 spiro atoms. The van der Waals surface area contributed by atoms with Gasteiger partial charge in [-0.15, -0.1) is 0 Å². The minimum absolute atomic E-state index is 0.0231. The molecule has 1 aliphatic heterocycles. The minimum Gasteiger partial charge on any atom is -0.349 e. The van der Waals surface area contributed by atoms with Crippen molar-refractivity contribution in [3.05, 3.63) is 17.0 Å². The van der Waals surface area contributed by atoms with Gasteiger partial charge in [-0.1, -0.05) is 19.3 Å². The molecule has 3 rings (SSSR count). The molecule has 1 aromatic rings. The Bertz CT molecular complexity index is 507. The highest BCUT2D eigenvalue weighted by Crippen LogP contribution is 2.29. The minimum atomic E-state index is 0.0231. The highest BCUT2D eigenvalue weighted by molar-refractivity contribution is 5.80. The number of rotatable bonds is 4. The molecule has 1 saturated carbocycles. The molecular weight excluding hydrogens is 276 g/mol. The van der Waals surface area contributed by atoms with Gasteiger partial charge in [-0.05, 0) is 33.6 Å². The SMILES string of the molecule is Cc1n[nH]c(C)c1[C@H](C)NC(=O)C1CN(C2CCCCC2)C1. The fourth-order valence-electron chi connectivity index (χ4n) is 4.02. The topological polar surface area (TPSA) is 61.0 Å². The Hall–Kier alpha value is -1.36. The van der Waals surface area contributed by atoms with Gasteiger partial charge in [-0.3, -0.25) is 14.8 Å². The second kappa shape index (κ2) is 6.41. The van der Waals surface area contributed by atoms with E-state index in [0.717, 1.165) is 36.1 Å². The number of nitrogens with zero attached hydrogens (tertiary/aromatic N) is 2. The summed E-state index contributed by atoms with van der Waals surface area (Å²) in [4.78, 5) is 14.9. The van der Waals surface area contributed by atoms with Gasteiger partial charge in [0.2, 0.25) is 5.91 Å². The molecule has 22 heavy (non-hydrogen) atoms. The van der Waals surface area contributed by atoms with Gasteiger partial charge in [0, 0.05) is 30.4 Å². The van der Waals surface area contributed by atoms with Crippen molar-refractivity contribution in [3.63, 3.8) is 0 Å². The predicted octanol–water partition coefficient (Wildman–Crippen LogP) is 2.47. The van der Waals surface area contributed by atoms with E-state index in [1.165, 1.54) is 32.1 Å². The van der Waals surface area contributed by atoms with E-state index in [1.807, 2.05) is 20.8 Å². The Balaban J connectivity index is 1.49. The van der Waals surface area contributed by atoms with Crippen LogP contribution >= 0.6 is 0 Å². The lowest BCUT2D eigenvalue weighted by molar-refractivity contribution is -0.132. The van der Waals surface area contributed by atoms with E-state index in [2.05, 4.69) is 20.4 Å². The first-order valence-electron chi connectivity index (χ1n) is 8.62. The number of H-pyrrole nitrogens is 1. The highest BCUT2D eigenvalue weighted by atomic mass is 16.2. The number of likely N-dealkylation sites (tertiary alicyclic amines) is 1. The Morgan fingerprint density at radius 3 is 2.55 bits per heavy atom. The standard InChI is InChI=1S/C17H28N4O/c1-11(16-12(2)19-20-13(16)3)18-17(22)14-9-21(10-14)15-7-5-4-6-8-15/h11,14-15H,4-10H2,1-3H3,(H,18,22)(H,19,20)/t11-/m0/s1. The van der Waals surface area contributed by atoms with Gasteiger partial charge in [0.15, 0.2) is 0 Å². The fourth-order valence-corrected chi connectivity index (χ4v) is 4.02. The van der Waals surface area contributed by atoms with E-state index in [-0.39, 0.29) is 17.9 Å². The lowest BCUT2D eigenvalue weighted by atomic mass is 9.88. The average molecular weight is 304 g/mol. The molecule has 1 saturated heterocycles. The van der Waals surface area contributed by atoms with Crippen molar-refractivity contribution < 1.29 is 4.79 Å². The maximum absolute atomic E-state index is 12.4. The molecule has 1 aromatic heterocycles. The molecule has 1 amide bonds. The smallest absolute Gasteiger partial charge is 0.226 e. The Labute approximate surface area is 132 Å². The third-order valence-corrected chi connectivity index (χ3v) is 5.35. The lowest BCUT2D eigenvalue weighted by Gasteiger charge is -2.45. The van der Waals surface area contributed by atoms with Gasteiger partial charge >= 0.3 is 0 Å². The number of amides is 1. The predicted molar refractivity (Wildman–Crippen MR) is 86.6 cm³/mol. The van der Waals surface area contributed by atoms with Crippen LogP contribution in [0.5, 0.6) is 0 Å². The van der Waals surface area contributed by atoms with Crippen molar-refractivity contribution in [2.75, 3.05) is 13.1 Å². The Morgan fingerprint density at radius 1 is 1.27 bits per heavy atom. The van der Waals surface area contributed by atoms with Crippen molar-refractivity contribution in [2.45, 2.75) is 65.0 Å². The van der Waals surface area contributed by atoms with E-state index >= 15 is 0 Å². The van der Waals surface area contributed by atoms with Gasteiger partial charge < -0.3 is 5.32 Å². The van der Waals surface area contributed by atoms with Gasteiger partial charge in [0.05, 0.1) is 17.7 Å². The number of carbonyl (C=O) groups excluding carboxylic acids is 1. The number of aromatic amines is 1. The van der Waals surface area contributed by atoms with Crippen LogP contribution in [0.25, 0.3) is 0 Å². The molecule has 5 heteroatoms. The Morgan fingerprint density at radius 2 is 1.95 bits per heavy atom. The largest absolute Gasteiger partial charge is 0.349 e. The monoisotopic (exact) mass is 304 g/mol. The third-order valence-electron chi connectivity index (χ3n) is 5.35. The maximum Gasteiger partial charge on any atom is 0.226 e.